The normalized spacial score (nSPS) is 11.8. The molecule has 1 amide bonds. The van der Waals surface area contributed by atoms with Crippen molar-refractivity contribution in [3.63, 3.8) is 0 Å². The van der Waals surface area contributed by atoms with Crippen molar-refractivity contribution in [3.05, 3.63) is 76.7 Å². The van der Waals surface area contributed by atoms with Crippen LogP contribution in [0.2, 0.25) is 0 Å². The highest BCUT2D eigenvalue weighted by atomic mass is 16.5. The molecule has 0 aliphatic rings. The van der Waals surface area contributed by atoms with Crippen LogP contribution in [0.3, 0.4) is 0 Å². The smallest absolute Gasteiger partial charge is 0.295 e. The summed E-state index contributed by atoms with van der Waals surface area (Å²) in [5.74, 6) is 0.224. The van der Waals surface area contributed by atoms with Crippen molar-refractivity contribution in [2.24, 2.45) is 7.05 Å². The van der Waals surface area contributed by atoms with Gasteiger partial charge in [-0.1, -0.05) is 36.4 Å². The minimum Gasteiger partial charge on any atom is -0.481 e. The van der Waals surface area contributed by atoms with Crippen LogP contribution in [-0.4, -0.2) is 21.4 Å². The van der Waals surface area contributed by atoms with Crippen LogP contribution in [0.1, 0.15) is 12.6 Å². The number of hydrogen-bond acceptors (Lipinski definition) is 3. The molecule has 0 bridgehead atoms. The van der Waals surface area contributed by atoms with Crippen LogP contribution in [0, 0.1) is 6.92 Å². The van der Waals surface area contributed by atoms with Crippen molar-refractivity contribution in [2.75, 3.05) is 5.32 Å². The number of para-hydroxylation sites is 2. The number of carbonyl (C=O) groups is 1. The molecule has 6 heteroatoms. The van der Waals surface area contributed by atoms with Gasteiger partial charge in [0.25, 0.3) is 11.5 Å². The first kappa shape index (κ1) is 17.5. The van der Waals surface area contributed by atoms with Crippen LogP contribution in [0.15, 0.2) is 65.5 Å². The minimum absolute atomic E-state index is 0.255. The Kier molecular flexibility index (Phi) is 4.93. The van der Waals surface area contributed by atoms with Crippen molar-refractivity contribution in [1.29, 1.82) is 0 Å². The molecule has 0 unspecified atom stereocenters. The Labute approximate surface area is 151 Å². The van der Waals surface area contributed by atoms with E-state index in [0.29, 0.717) is 11.4 Å². The molecule has 1 aromatic heterocycles. The topological polar surface area (TPSA) is 65.3 Å². The van der Waals surface area contributed by atoms with Crippen LogP contribution >= 0.6 is 0 Å². The Morgan fingerprint density at radius 2 is 1.62 bits per heavy atom. The first-order valence-corrected chi connectivity index (χ1v) is 8.35. The van der Waals surface area contributed by atoms with E-state index in [1.54, 1.807) is 37.7 Å². The molecule has 1 heterocycles. The number of ether oxygens (including phenoxy) is 1. The second-order valence-electron chi connectivity index (χ2n) is 6.00. The van der Waals surface area contributed by atoms with Crippen molar-refractivity contribution in [2.45, 2.75) is 20.0 Å². The summed E-state index contributed by atoms with van der Waals surface area (Å²) in [6.07, 6.45) is -0.735. The molecule has 0 spiro atoms. The lowest BCUT2D eigenvalue weighted by molar-refractivity contribution is -0.122. The molecule has 0 saturated carbocycles. The lowest BCUT2D eigenvalue weighted by atomic mass is 10.3. The van der Waals surface area contributed by atoms with E-state index in [1.807, 2.05) is 48.5 Å². The van der Waals surface area contributed by atoms with E-state index in [9.17, 15) is 9.59 Å². The summed E-state index contributed by atoms with van der Waals surface area (Å²) in [6.45, 7) is 3.44. The third kappa shape index (κ3) is 3.39. The van der Waals surface area contributed by atoms with Gasteiger partial charge >= 0.3 is 0 Å². The van der Waals surface area contributed by atoms with E-state index in [2.05, 4.69) is 5.32 Å². The molecular weight excluding hydrogens is 330 g/mol. The minimum atomic E-state index is -0.735. The molecule has 0 fully saturated rings. The van der Waals surface area contributed by atoms with Crippen molar-refractivity contribution in [3.8, 4) is 11.4 Å². The monoisotopic (exact) mass is 351 g/mol. The van der Waals surface area contributed by atoms with E-state index in [4.69, 9.17) is 4.74 Å². The van der Waals surface area contributed by atoms with Gasteiger partial charge in [-0.3, -0.25) is 14.3 Å². The number of hydrogen-bond donors (Lipinski definition) is 1. The van der Waals surface area contributed by atoms with Gasteiger partial charge in [-0.25, -0.2) is 4.68 Å². The van der Waals surface area contributed by atoms with Gasteiger partial charge in [0.1, 0.15) is 11.4 Å². The van der Waals surface area contributed by atoms with E-state index < -0.39 is 6.10 Å². The number of aromatic nitrogens is 2. The Morgan fingerprint density at radius 3 is 2.23 bits per heavy atom. The maximum atomic E-state index is 12.8. The van der Waals surface area contributed by atoms with Crippen LogP contribution in [0.25, 0.3) is 5.69 Å². The largest absolute Gasteiger partial charge is 0.481 e. The lowest BCUT2D eigenvalue weighted by Gasteiger charge is -2.14. The number of amides is 1. The summed E-state index contributed by atoms with van der Waals surface area (Å²) in [5.41, 5.74) is 1.37. The second kappa shape index (κ2) is 7.31. The van der Waals surface area contributed by atoms with Gasteiger partial charge in [-0.2, -0.15) is 0 Å². The Balaban J connectivity index is 1.84. The van der Waals surface area contributed by atoms with Gasteiger partial charge in [-0.15, -0.1) is 0 Å². The number of carbonyl (C=O) groups excluding carboxylic acids is 1. The molecular formula is C20H21N3O3. The van der Waals surface area contributed by atoms with E-state index >= 15 is 0 Å². The van der Waals surface area contributed by atoms with Gasteiger partial charge in [-0.05, 0) is 38.1 Å². The lowest BCUT2D eigenvalue weighted by Crippen LogP contribution is -2.32. The zero-order valence-corrected chi connectivity index (χ0v) is 15.0. The fourth-order valence-electron chi connectivity index (χ4n) is 2.69. The van der Waals surface area contributed by atoms with Crippen LogP contribution in [0.5, 0.6) is 5.75 Å². The molecule has 6 nitrogen and oxygen atoms in total. The molecule has 2 aromatic carbocycles. The average Bonchev–Trinajstić information content (AvgIpc) is 2.86. The molecule has 3 aromatic rings. The first-order valence-electron chi connectivity index (χ1n) is 8.35. The number of nitrogens with one attached hydrogen (secondary N) is 1. The van der Waals surface area contributed by atoms with Gasteiger partial charge in [0.15, 0.2) is 6.10 Å². The fraction of sp³-hybridized carbons (Fsp3) is 0.200. The zero-order valence-electron chi connectivity index (χ0n) is 15.0. The molecule has 134 valence electrons. The predicted octanol–water partition coefficient (Wildman–Crippen LogP) is 2.89. The Morgan fingerprint density at radius 1 is 1.04 bits per heavy atom. The van der Waals surface area contributed by atoms with E-state index in [1.165, 1.54) is 4.68 Å². The maximum Gasteiger partial charge on any atom is 0.295 e. The number of nitrogens with zero attached hydrogens (tertiary/aromatic N) is 2. The quantitative estimate of drug-likeness (QED) is 0.769. The molecule has 0 aliphatic heterocycles. The van der Waals surface area contributed by atoms with E-state index in [-0.39, 0.29) is 17.2 Å². The fourth-order valence-corrected chi connectivity index (χ4v) is 2.69. The number of anilines is 1. The Bertz CT molecular complexity index is 959. The van der Waals surface area contributed by atoms with Gasteiger partial charge in [0.2, 0.25) is 0 Å². The zero-order chi connectivity index (χ0) is 18.7. The number of rotatable bonds is 5. The molecule has 1 atom stereocenters. The molecule has 26 heavy (non-hydrogen) atoms. The summed E-state index contributed by atoms with van der Waals surface area (Å²) < 4.78 is 8.86. The maximum absolute atomic E-state index is 12.8. The highest BCUT2D eigenvalue weighted by Gasteiger charge is 2.21. The molecule has 0 aliphatic carbocycles. The number of benzene rings is 2. The SMILES string of the molecule is Cc1c(NC(=O)[C@@H](C)Oc2ccccc2)c(=O)n(-c2ccccc2)n1C. The summed E-state index contributed by atoms with van der Waals surface area (Å²) in [4.78, 5) is 25.3. The highest BCUT2D eigenvalue weighted by molar-refractivity contribution is 5.94. The molecule has 1 N–H and O–H groups in total. The standard InChI is InChI=1S/C20H21N3O3/c1-14-18(20(25)23(22(14)3)16-10-6-4-7-11-16)21-19(24)15(2)26-17-12-8-5-9-13-17/h4-13,15H,1-3H3,(H,21,24)/t15-/m1/s1. The summed E-state index contributed by atoms with van der Waals surface area (Å²) in [7, 11) is 1.78. The van der Waals surface area contributed by atoms with Gasteiger partial charge in [0, 0.05) is 7.05 Å². The highest BCUT2D eigenvalue weighted by Crippen LogP contribution is 2.16. The van der Waals surface area contributed by atoms with Crippen molar-refractivity contribution >= 4 is 11.6 Å². The first-order chi connectivity index (χ1) is 12.5. The van der Waals surface area contributed by atoms with Crippen LogP contribution in [-0.2, 0) is 11.8 Å². The van der Waals surface area contributed by atoms with Crippen molar-refractivity contribution < 1.29 is 9.53 Å². The third-order valence-corrected chi connectivity index (χ3v) is 4.23. The molecule has 3 rings (SSSR count). The van der Waals surface area contributed by atoms with Crippen LogP contribution < -0.4 is 15.6 Å². The second-order valence-corrected chi connectivity index (χ2v) is 6.00. The summed E-state index contributed by atoms with van der Waals surface area (Å²) in [5, 5.41) is 2.71. The van der Waals surface area contributed by atoms with Crippen molar-refractivity contribution in [1.82, 2.24) is 9.36 Å². The van der Waals surface area contributed by atoms with Crippen LogP contribution in [0.4, 0.5) is 5.69 Å². The average molecular weight is 351 g/mol. The predicted molar refractivity (Wildman–Crippen MR) is 101 cm³/mol. The van der Waals surface area contributed by atoms with E-state index in [0.717, 1.165) is 5.69 Å². The summed E-state index contributed by atoms with van der Waals surface area (Å²) in [6, 6.07) is 18.4. The third-order valence-electron chi connectivity index (χ3n) is 4.23. The van der Waals surface area contributed by atoms with Gasteiger partial charge < -0.3 is 10.1 Å². The molecule has 0 saturated heterocycles. The Hall–Kier alpha value is -3.28. The summed E-state index contributed by atoms with van der Waals surface area (Å²) >= 11 is 0. The molecule has 0 radical (unpaired) electrons. The van der Waals surface area contributed by atoms with Gasteiger partial charge in [0.05, 0.1) is 11.4 Å².